The summed E-state index contributed by atoms with van der Waals surface area (Å²) in [5.74, 6) is -1.69. The minimum atomic E-state index is -0.817. The van der Waals surface area contributed by atoms with E-state index >= 15 is 0 Å². The van der Waals surface area contributed by atoms with Crippen LogP contribution in [-0.2, 0) is 16.0 Å². The molecule has 0 radical (unpaired) electrons. The Balaban J connectivity index is 2.13. The molecule has 1 aliphatic rings. The van der Waals surface area contributed by atoms with E-state index in [1.54, 1.807) is 0 Å². The number of aliphatic carboxylic acids is 1. The van der Waals surface area contributed by atoms with Gasteiger partial charge >= 0.3 is 5.97 Å². The molecule has 0 saturated carbocycles. The maximum absolute atomic E-state index is 11.2. The van der Waals surface area contributed by atoms with Gasteiger partial charge in [-0.2, -0.15) is 0 Å². The fourth-order valence-corrected chi connectivity index (χ4v) is 3.46. The smallest absolute Gasteiger partial charge is 0.312 e. The van der Waals surface area contributed by atoms with Gasteiger partial charge in [0.15, 0.2) is 5.13 Å². The molecule has 1 aromatic rings. The molecule has 4 N–H and O–H groups in total. The van der Waals surface area contributed by atoms with Crippen molar-refractivity contribution in [3.8, 4) is 0 Å². The number of nitrogens with zero attached hydrogens (tertiary/aromatic N) is 1. The van der Waals surface area contributed by atoms with Gasteiger partial charge in [0.25, 0.3) is 0 Å². The summed E-state index contributed by atoms with van der Waals surface area (Å²) in [7, 11) is 0. The monoisotopic (exact) mass is 283 g/mol. The van der Waals surface area contributed by atoms with E-state index < -0.39 is 11.9 Å². The Morgan fingerprint density at radius 3 is 3.00 bits per heavy atom. The predicted octanol–water partition coefficient (Wildman–Crippen LogP) is 1.32. The van der Waals surface area contributed by atoms with Crippen LogP contribution in [0.5, 0.6) is 0 Å². The van der Waals surface area contributed by atoms with Crippen LogP contribution in [0.1, 0.15) is 42.7 Å². The zero-order chi connectivity index (χ0) is 14.0. The normalized spacial score (nSPS) is 19.5. The first-order valence-electron chi connectivity index (χ1n) is 6.24. The van der Waals surface area contributed by atoms with Crippen LogP contribution in [0.4, 0.5) is 5.13 Å². The number of aryl methyl sites for hydroxylation is 1. The van der Waals surface area contributed by atoms with Gasteiger partial charge in [-0.25, -0.2) is 4.98 Å². The van der Waals surface area contributed by atoms with Crippen molar-refractivity contribution in [3.05, 3.63) is 10.6 Å². The van der Waals surface area contributed by atoms with E-state index in [0.29, 0.717) is 17.2 Å². The Labute approximate surface area is 115 Å². The van der Waals surface area contributed by atoms with E-state index in [1.165, 1.54) is 11.3 Å². The van der Waals surface area contributed by atoms with Crippen LogP contribution in [0.25, 0.3) is 0 Å². The third-order valence-corrected chi connectivity index (χ3v) is 4.19. The maximum Gasteiger partial charge on any atom is 0.312 e. The Bertz CT molecular complexity index is 500. The Kier molecular flexibility index (Phi) is 4.04. The van der Waals surface area contributed by atoms with Gasteiger partial charge in [0.05, 0.1) is 5.69 Å². The number of rotatable bonds is 5. The van der Waals surface area contributed by atoms with Crippen molar-refractivity contribution >= 4 is 28.3 Å². The van der Waals surface area contributed by atoms with Gasteiger partial charge in [0.1, 0.15) is 5.92 Å². The lowest BCUT2D eigenvalue weighted by molar-refractivity contribution is -0.139. The zero-order valence-corrected chi connectivity index (χ0v) is 11.5. The summed E-state index contributed by atoms with van der Waals surface area (Å²) >= 11 is 1.47. The predicted molar refractivity (Wildman–Crippen MR) is 72.3 cm³/mol. The Morgan fingerprint density at radius 1 is 1.63 bits per heavy atom. The van der Waals surface area contributed by atoms with Gasteiger partial charge in [0.2, 0.25) is 5.91 Å². The number of thiazole rings is 1. The average Bonchev–Trinajstić information content (AvgIpc) is 2.68. The minimum Gasteiger partial charge on any atom is -0.481 e. The minimum absolute atomic E-state index is 0.103. The largest absolute Gasteiger partial charge is 0.481 e. The van der Waals surface area contributed by atoms with Crippen LogP contribution in [-0.4, -0.2) is 28.0 Å². The number of nitrogens with two attached hydrogens (primary N) is 1. The quantitative estimate of drug-likeness (QED) is 0.756. The molecular weight excluding hydrogens is 266 g/mol. The summed E-state index contributed by atoms with van der Waals surface area (Å²) in [4.78, 5) is 27.4. The molecule has 0 bridgehead atoms. The third-order valence-electron chi connectivity index (χ3n) is 3.13. The first-order chi connectivity index (χ1) is 8.97. The second kappa shape index (κ2) is 5.56. The molecular formula is C12H17N3O3S. The zero-order valence-electron chi connectivity index (χ0n) is 10.7. The SMILES string of the molecule is CC(CC(N)=O)Nc1nc2c(s1)CCCC2C(=O)O. The molecule has 0 aromatic carbocycles. The highest BCUT2D eigenvalue weighted by Crippen LogP contribution is 2.36. The number of carbonyl (C=O) groups excluding carboxylic acids is 1. The number of carbonyl (C=O) groups is 2. The molecule has 19 heavy (non-hydrogen) atoms. The van der Waals surface area contributed by atoms with E-state index in [4.69, 9.17) is 5.73 Å². The molecule has 7 heteroatoms. The van der Waals surface area contributed by atoms with E-state index in [1.807, 2.05) is 6.92 Å². The van der Waals surface area contributed by atoms with Gasteiger partial charge in [-0.3, -0.25) is 9.59 Å². The fourth-order valence-electron chi connectivity index (χ4n) is 2.28. The highest BCUT2D eigenvalue weighted by molar-refractivity contribution is 7.15. The molecule has 0 spiro atoms. The number of carboxylic acid groups (broad SMARTS) is 1. The topological polar surface area (TPSA) is 105 Å². The Hall–Kier alpha value is -1.63. The number of amides is 1. The lowest BCUT2D eigenvalue weighted by Crippen LogP contribution is -2.24. The highest BCUT2D eigenvalue weighted by atomic mass is 32.1. The van der Waals surface area contributed by atoms with E-state index in [0.717, 1.165) is 17.7 Å². The van der Waals surface area contributed by atoms with Crippen LogP contribution < -0.4 is 11.1 Å². The second-order valence-electron chi connectivity index (χ2n) is 4.83. The van der Waals surface area contributed by atoms with E-state index in [2.05, 4.69) is 10.3 Å². The summed E-state index contributed by atoms with van der Waals surface area (Å²) in [6.45, 7) is 1.85. The molecule has 2 atom stereocenters. The molecule has 0 saturated heterocycles. The number of aromatic nitrogens is 1. The lowest BCUT2D eigenvalue weighted by atomic mass is 9.91. The maximum atomic E-state index is 11.2. The lowest BCUT2D eigenvalue weighted by Gasteiger charge is -2.16. The van der Waals surface area contributed by atoms with Crippen molar-refractivity contribution in [3.63, 3.8) is 0 Å². The number of carboxylic acids is 1. The number of hydrogen-bond donors (Lipinski definition) is 3. The van der Waals surface area contributed by atoms with Crippen molar-refractivity contribution in [2.24, 2.45) is 5.73 Å². The molecule has 0 fully saturated rings. The Morgan fingerprint density at radius 2 is 2.37 bits per heavy atom. The summed E-state index contributed by atoms with van der Waals surface area (Å²) in [6.07, 6.45) is 2.63. The fraction of sp³-hybridized carbons (Fsp3) is 0.583. The summed E-state index contributed by atoms with van der Waals surface area (Å²) in [6, 6.07) is -0.103. The number of hydrogen-bond acceptors (Lipinski definition) is 5. The number of nitrogens with one attached hydrogen (secondary N) is 1. The molecule has 0 aliphatic heterocycles. The molecule has 6 nitrogen and oxygen atoms in total. The van der Waals surface area contributed by atoms with Gasteiger partial charge in [0, 0.05) is 17.3 Å². The van der Waals surface area contributed by atoms with Crippen molar-refractivity contribution in [1.82, 2.24) is 4.98 Å². The van der Waals surface area contributed by atoms with Gasteiger partial charge < -0.3 is 16.2 Å². The van der Waals surface area contributed by atoms with Crippen LogP contribution in [0.2, 0.25) is 0 Å². The summed E-state index contributed by atoms with van der Waals surface area (Å²) < 4.78 is 0. The molecule has 2 rings (SSSR count). The van der Waals surface area contributed by atoms with Crippen molar-refractivity contribution in [2.45, 2.75) is 44.6 Å². The van der Waals surface area contributed by atoms with Crippen LogP contribution in [0, 0.1) is 0 Å². The van der Waals surface area contributed by atoms with E-state index in [9.17, 15) is 14.7 Å². The summed E-state index contributed by atoms with van der Waals surface area (Å²) in [5, 5.41) is 13.0. The van der Waals surface area contributed by atoms with Crippen LogP contribution in [0.3, 0.4) is 0 Å². The van der Waals surface area contributed by atoms with Crippen molar-refractivity contribution < 1.29 is 14.7 Å². The van der Waals surface area contributed by atoms with E-state index in [-0.39, 0.29) is 18.4 Å². The van der Waals surface area contributed by atoms with Crippen LogP contribution in [0.15, 0.2) is 0 Å². The number of anilines is 1. The first-order valence-corrected chi connectivity index (χ1v) is 7.06. The standard InChI is InChI=1S/C12H17N3O3S/c1-6(5-9(13)16)14-12-15-10-7(11(17)18)3-2-4-8(10)19-12/h6-7H,2-5H2,1H3,(H2,13,16)(H,14,15)(H,17,18). The molecule has 2 unspecified atom stereocenters. The molecule has 1 aliphatic carbocycles. The number of primary amides is 1. The van der Waals surface area contributed by atoms with Gasteiger partial charge in [-0.05, 0) is 26.2 Å². The average molecular weight is 283 g/mol. The molecule has 1 heterocycles. The first kappa shape index (κ1) is 13.8. The second-order valence-corrected chi connectivity index (χ2v) is 5.91. The highest BCUT2D eigenvalue weighted by Gasteiger charge is 2.30. The molecule has 104 valence electrons. The third kappa shape index (κ3) is 3.23. The van der Waals surface area contributed by atoms with Crippen LogP contribution >= 0.6 is 11.3 Å². The number of fused-ring (bicyclic) bond motifs is 1. The van der Waals surface area contributed by atoms with Gasteiger partial charge in [-0.15, -0.1) is 11.3 Å². The van der Waals surface area contributed by atoms with Crippen molar-refractivity contribution in [1.29, 1.82) is 0 Å². The molecule has 1 aromatic heterocycles. The molecule has 1 amide bonds. The van der Waals surface area contributed by atoms with Crippen molar-refractivity contribution in [2.75, 3.05) is 5.32 Å². The van der Waals surface area contributed by atoms with Gasteiger partial charge in [-0.1, -0.05) is 0 Å². The summed E-state index contributed by atoms with van der Waals surface area (Å²) in [5.41, 5.74) is 5.81.